The fourth-order valence-electron chi connectivity index (χ4n) is 3.90. The van der Waals surface area contributed by atoms with E-state index in [0.29, 0.717) is 6.54 Å². The summed E-state index contributed by atoms with van der Waals surface area (Å²) in [5.74, 6) is -2.97. The molecule has 22 heavy (non-hydrogen) atoms. The van der Waals surface area contributed by atoms with E-state index in [4.69, 9.17) is 4.74 Å². The Balaban J connectivity index is 1.70. The summed E-state index contributed by atoms with van der Waals surface area (Å²) in [6.07, 6.45) is 3.98. The number of carbonyl (C=O) groups excluding carboxylic acids is 2. The molecule has 0 radical (unpaired) electrons. The van der Waals surface area contributed by atoms with Gasteiger partial charge in [-0.1, -0.05) is 31.2 Å². The van der Waals surface area contributed by atoms with E-state index in [1.165, 1.54) is 5.56 Å². The molecular weight excluding hydrogens is 282 g/mol. The number of hydrogen-bond acceptors (Lipinski definition) is 4. The van der Waals surface area contributed by atoms with Gasteiger partial charge in [-0.3, -0.25) is 4.79 Å². The van der Waals surface area contributed by atoms with Gasteiger partial charge in [-0.05, 0) is 24.1 Å². The molecule has 3 aliphatic rings. The molecule has 0 saturated carbocycles. The lowest BCUT2D eigenvalue weighted by Crippen LogP contribution is -2.45. The Bertz CT molecular complexity index is 680. The monoisotopic (exact) mass is 298 g/mol. The maximum atomic E-state index is 12.8. The highest BCUT2D eigenvalue weighted by Crippen LogP contribution is 2.52. The standard InChI is InChI=1S/C17H17NO4/c1-2-10-3-5-11(6-4-10)18-9-17-8-7-12(22-17)13(16(20)21)14(17)15(18)19/h3-8,12-14H,2,9H2,1H3,(H,20,21)/p-1/t12-,13-,14+,17-/m1/s1. The van der Waals surface area contributed by atoms with E-state index in [2.05, 4.69) is 6.92 Å². The minimum atomic E-state index is -1.21. The molecule has 5 nitrogen and oxygen atoms in total. The van der Waals surface area contributed by atoms with Gasteiger partial charge in [0.15, 0.2) is 0 Å². The van der Waals surface area contributed by atoms with Crippen LogP contribution in [0.2, 0.25) is 0 Å². The fraction of sp³-hybridized carbons (Fsp3) is 0.412. The minimum absolute atomic E-state index is 0.190. The summed E-state index contributed by atoms with van der Waals surface area (Å²) in [4.78, 5) is 25.8. The zero-order valence-electron chi connectivity index (χ0n) is 12.2. The van der Waals surface area contributed by atoms with Crippen molar-refractivity contribution in [3.63, 3.8) is 0 Å². The Morgan fingerprint density at radius 2 is 2.14 bits per heavy atom. The number of amides is 1. The number of benzene rings is 1. The molecule has 0 N–H and O–H groups in total. The average Bonchev–Trinajstić information content (AvgIpc) is 3.15. The SMILES string of the molecule is CCc1ccc(N2C[C@@]34C=C[C@@H](O3)[C@@H](C(=O)[O-])[C@H]4C2=O)cc1. The number of fused-ring (bicyclic) bond motifs is 1. The third-order valence-corrected chi connectivity index (χ3v) is 5.03. The molecule has 1 aromatic rings. The second-order valence-corrected chi connectivity index (χ2v) is 6.16. The highest BCUT2D eigenvalue weighted by atomic mass is 16.5. The van der Waals surface area contributed by atoms with Crippen molar-refractivity contribution in [1.82, 2.24) is 0 Å². The fourth-order valence-corrected chi connectivity index (χ4v) is 3.90. The molecule has 2 saturated heterocycles. The van der Waals surface area contributed by atoms with Crippen molar-refractivity contribution in [2.24, 2.45) is 11.8 Å². The number of carboxylic acids is 1. The molecule has 5 heteroatoms. The van der Waals surface area contributed by atoms with Crippen LogP contribution in [0.15, 0.2) is 36.4 Å². The first-order valence-corrected chi connectivity index (χ1v) is 7.54. The summed E-state index contributed by atoms with van der Waals surface area (Å²) in [5.41, 5.74) is 1.16. The first-order valence-electron chi connectivity index (χ1n) is 7.54. The third kappa shape index (κ3) is 1.63. The van der Waals surface area contributed by atoms with Crippen molar-refractivity contribution in [2.75, 3.05) is 11.4 Å². The molecule has 2 fully saturated rings. The van der Waals surface area contributed by atoms with Crippen molar-refractivity contribution in [3.05, 3.63) is 42.0 Å². The number of hydrogen-bond donors (Lipinski definition) is 0. The number of nitrogens with zero attached hydrogens (tertiary/aromatic N) is 1. The largest absolute Gasteiger partial charge is 0.550 e. The number of anilines is 1. The lowest BCUT2D eigenvalue weighted by molar-refractivity contribution is -0.313. The summed E-state index contributed by atoms with van der Waals surface area (Å²) in [5, 5.41) is 11.4. The average molecular weight is 298 g/mol. The Hall–Kier alpha value is -2.14. The molecule has 3 aliphatic heterocycles. The summed E-state index contributed by atoms with van der Waals surface area (Å²) in [6.45, 7) is 2.43. The summed E-state index contributed by atoms with van der Waals surface area (Å²) >= 11 is 0. The zero-order chi connectivity index (χ0) is 15.5. The minimum Gasteiger partial charge on any atom is -0.550 e. The van der Waals surface area contributed by atoms with E-state index in [1.54, 1.807) is 11.0 Å². The Morgan fingerprint density at radius 3 is 2.77 bits per heavy atom. The molecule has 114 valence electrons. The van der Waals surface area contributed by atoms with Crippen LogP contribution >= 0.6 is 0 Å². The number of aliphatic carboxylic acids is 1. The Labute approximate surface area is 128 Å². The van der Waals surface area contributed by atoms with Gasteiger partial charge in [-0.2, -0.15) is 0 Å². The van der Waals surface area contributed by atoms with Gasteiger partial charge in [-0.15, -0.1) is 0 Å². The van der Waals surface area contributed by atoms with Crippen LogP contribution in [-0.2, 0) is 20.7 Å². The molecular formula is C17H16NO4-. The number of carboxylic acid groups (broad SMARTS) is 1. The van der Waals surface area contributed by atoms with Gasteiger partial charge in [0.1, 0.15) is 5.60 Å². The summed E-state index contributed by atoms with van der Waals surface area (Å²) in [6, 6.07) is 7.77. The van der Waals surface area contributed by atoms with E-state index in [-0.39, 0.29) is 5.91 Å². The Morgan fingerprint density at radius 1 is 1.41 bits per heavy atom. The zero-order valence-corrected chi connectivity index (χ0v) is 12.2. The second-order valence-electron chi connectivity index (χ2n) is 6.16. The van der Waals surface area contributed by atoms with Gasteiger partial charge in [0.2, 0.25) is 5.91 Å². The van der Waals surface area contributed by atoms with Crippen LogP contribution in [-0.4, -0.2) is 30.1 Å². The number of rotatable bonds is 3. The predicted molar refractivity (Wildman–Crippen MR) is 76.9 cm³/mol. The smallest absolute Gasteiger partial charge is 0.234 e. The third-order valence-electron chi connectivity index (χ3n) is 5.03. The van der Waals surface area contributed by atoms with E-state index in [0.717, 1.165) is 12.1 Å². The highest BCUT2D eigenvalue weighted by molar-refractivity contribution is 6.02. The van der Waals surface area contributed by atoms with E-state index < -0.39 is 29.5 Å². The van der Waals surface area contributed by atoms with Gasteiger partial charge < -0.3 is 19.5 Å². The van der Waals surface area contributed by atoms with E-state index >= 15 is 0 Å². The highest BCUT2D eigenvalue weighted by Gasteiger charge is 2.65. The lowest BCUT2D eigenvalue weighted by Gasteiger charge is -2.24. The molecule has 1 amide bonds. The maximum absolute atomic E-state index is 12.8. The van der Waals surface area contributed by atoms with Crippen LogP contribution < -0.4 is 10.0 Å². The van der Waals surface area contributed by atoms with Crippen LogP contribution in [0.5, 0.6) is 0 Å². The first-order chi connectivity index (χ1) is 10.6. The van der Waals surface area contributed by atoms with Crippen LogP contribution in [0.25, 0.3) is 0 Å². The van der Waals surface area contributed by atoms with Crippen molar-refractivity contribution < 1.29 is 19.4 Å². The lowest BCUT2D eigenvalue weighted by atomic mass is 9.77. The van der Waals surface area contributed by atoms with Crippen LogP contribution in [0.4, 0.5) is 5.69 Å². The summed E-state index contributed by atoms with van der Waals surface area (Å²) < 4.78 is 5.83. The molecule has 4 rings (SSSR count). The number of ether oxygens (including phenoxy) is 1. The van der Waals surface area contributed by atoms with Crippen molar-refractivity contribution in [2.45, 2.75) is 25.0 Å². The molecule has 1 aromatic carbocycles. The number of carbonyl (C=O) groups is 2. The van der Waals surface area contributed by atoms with Crippen molar-refractivity contribution in [3.8, 4) is 0 Å². The number of aryl methyl sites for hydroxylation is 1. The molecule has 3 heterocycles. The van der Waals surface area contributed by atoms with E-state index in [1.807, 2.05) is 30.3 Å². The Kier molecular flexibility index (Phi) is 2.72. The van der Waals surface area contributed by atoms with Crippen molar-refractivity contribution >= 4 is 17.6 Å². The molecule has 1 spiro atoms. The normalized spacial score (nSPS) is 35.2. The summed E-state index contributed by atoms with van der Waals surface area (Å²) in [7, 11) is 0. The molecule has 4 atom stereocenters. The first kappa shape index (κ1) is 13.5. The molecule has 0 aromatic heterocycles. The van der Waals surface area contributed by atoms with Gasteiger partial charge in [-0.25, -0.2) is 0 Å². The van der Waals surface area contributed by atoms with Gasteiger partial charge in [0.05, 0.1) is 18.6 Å². The van der Waals surface area contributed by atoms with Gasteiger partial charge in [0.25, 0.3) is 0 Å². The molecule has 0 unspecified atom stereocenters. The predicted octanol–water partition coefficient (Wildman–Crippen LogP) is 0.285. The quantitative estimate of drug-likeness (QED) is 0.752. The van der Waals surface area contributed by atoms with Crippen molar-refractivity contribution in [1.29, 1.82) is 0 Å². The topological polar surface area (TPSA) is 69.7 Å². The second kappa shape index (κ2) is 4.43. The van der Waals surface area contributed by atoms with E-state index in [9.17, 15) is 14.7 Å². The van der Waals surface area contributed by atoms with Gasteiger partial charge in [0, 0.05) is 17.6 Å². The maximum Gasteiger partial charge on any atom is 0.234 e. The van der Waals surface area contributed by atoms with Crippen LogP contribution in [0.1, 0.15) is 12.5 Å². The van der Waals surface area contributed by atoms with Crippen LogP contribution in [0, 0.1) is 11.8 Å². The van der Waals surface area contributed by atoms with Gasteiger partial charge >= 0.3 is 0 Å². The van der Waals surface area contributed by atoms with Crippen LogP contribution in [0.3, 0.4) is 0 Å². The molecule has 2 bridgehead atoms. The molecule has 0 aliphatic carbocycles.